The van der Waals surface area contributed by atoms with Gasteiger partial charge in [0.25, 0.3) is 0 Å². The summed E-state index contributed by atoms with van der Waals surface area (Å²) in [6.07, 6.45) is 5.93. The number of allylic oxidation sites excluding steroid dienone is 2. The summed E-state index contributed by atoms with van der Waals surface area (Å²) in [5, 5.41) is 11.0. The Morgan fingerprint density at radius 3 is 2.26 bits per heavy atom. The van der Waals surface area contributed by atoms with Gasteiger partial charge in [0.05, 0.1) is 5.60 Å². The topological polar surface area (TPSA) is 20.2 Å². The number of hydrogen-bond acceptors (Lipinski definition) is 1. The van der Waals surface area contributed by atoms with Gasteiger partial charge in [0.2, 0.25) is 0 Å². The van der Waals surface area contributed by atoms with Gasteiger partial charge in [0, 0.05) is 5.41 Å². The summed E-state index contributed by atoms with van der Waals surface area (Å²) >= 11 is 0. The maximum Gasteiger partial charge on any atom is 0.0956 e. The van der Waals surface area contributed by atoms with Gasteiger partial charge in [0.15, 0.2) is 0 Å². The lowest BCUT2D eigenvalue weighted by Crippen LogP contribution is -2.39. The van der Waals surface area contributed by atoms with Gasteiger partial charge in [-0.05, 0) is 39.2 Å². The first-order valence-corrected chi connectivity index (χ1v) is 6.88. The molecule has 0 aliphatic carbocycles. The van der Waals surface area contributed by atoms with E-state index in [9.17, 15) is 5.11 Å². The van der Waals surface area contributed by atoms with Crippen molar-refractivity contribution in [3.05, 3.63) is 60.2 Å². The molecule has 1 nitrogen and oxygen atoms in total. The van der Waals surface area contributed by atoms with Gasteiger partial charge in [-0.3, -0.25) is 0 Å². The molecular formula is C18H26O. The van der Waals surface area contributed by atoms with Crippen LogP contribution in [0, 0.1) is 5.41 Å². The van der Waals surface area contributed by atoms with Gasteiger partial charge in [-0.25, -0.2) is 0 Å². The second-order valence-corrected chi connectivity index (χ2v) is 5.88. The highest BCUT2D eigenvalue weighted by molar-refractivity contribution is 5.26. The fourth-order valence-corrected chi connectivity index (χ4v) is 2.30. The van der Waals surface area contributed by atoms with E-state index in [-0.39, 0.29) is 5.41 Å². The maximum absolute atomic E-state index is 11.0. The van der Waals surface area contributed by atoms with Crippen LogP contribution in [-0.4, -0.2) is 5.11 Å². The molecule has 0 aromatic heterocycles. The Labute approximate surface area is 117 Å². The molecule has 0 radical (unpaired) electrons. The maximum atomic E-state index is 11.0. The van der Waals surface area contributed by atoms with E-state index in [0.29, 0.717) is 0 Å². The van der Waals surface area contributed by atoms with Crippen LogP contribution >= 0.6 is 0 Å². The molecule has 104 valence electrons. The van der Waals surface area contributed by atoms with Crippen LogP contribution in [-0.2, 0) is 5.60 Å². The summed E-state index contributed by atoms with van der Waals surface area (Å²) in [7, 11) is 0. The van der Waals surface area contributed by atoms with E-state index in [4.69, 9.17) is 0 Å². The second-order valence-electron chi connectivity index (χ2n) is 5.88. The van der Waals surface area contributed by atoms with Crippen LogP contribution in [0.25, 0.3) is 0 Å². The molecule has 0 fully saturated rings. The zero-order chi connectivity index (χ0) is 14.5. The van der Waals surface area contributed by atoms with Crippen molar-refractivity contribution in [3.63, 3.8) is 0 Å². The van der Waals surface area contributed by atoms with E-state index in [1.807, 2.05) is 43.3 Å². The van der Waals surface area contributed by atoms with Crippen molar-refractivity contribution in [2.45, 2.75) is 46.1 Å². The fraction of sp³-hybridized carbons (Fsp3) is 0.444. The van der Waals surface area contributed by atoms with Gasteiger partial charge >= 0.3 is 0 Å². The quantitative estimate of drug-likeness (QED) is 0.724. The standard InChI is InChI=1S/C18H26O/c1-6-17(4,14-10-11-15(2)3)18(5,19)16-12-8-7-9-13-16/h6-9,11-13,19H,1,10,14H2,2-5H3/t17-,18+/m0/s1. The Kier molecular flexibility index (Phi) is 5.13. The summed E-state index contributed by atoms with van der Waals surface area (Å²) in [4.78, 5) is 0. The van der Waals surface area contributed by atoms with Crippen molar-refractivity contribution in [1.82, 2.24) is 0 Å². The van der Waals surface area contributed by atoms with Crippen LogP contribution in [0.15, 0.2) is 54.6 Å². The van der Waals surface area contributed by atoms with E-state index >= 15 is 0 Å². The fourth-order valence-electron chi connectivity index (χ4n) is 2.30. The van der Waals surface area contributed by atoms with Crippen LogP contribution in [0.3, 0.4) is 0 Å². The smallest absolute Gasteiger partial charge is 0.0956 e. The summed E-state index contributed by atoms with van der Waals surface area (Å²) in [6, 6.07) is 9.84. The number of hydrogen-bond donors (Lipinski definition) is 1. The molecule has 2 atom stereocenters. The third kappa shape index (κ3) is 3.57. The van der Waals surface area contributed by atoms with E-state index in [1.54, 1.807) is 0 Å². The van der Waals surface area contributed by atoms with Gasteiger partial charge in [-0.2, -0.15) is 0 Å². The summed E-state index contributed by atoms with van der Waals surface area (Å²) in [5.74, 6) is 0. The molecular weight excluding hydrogens is 232 g/mol. The SMILES string of the molecule is C=C[C@@](C)(CCC=C(C)C)[C@](C)(O)c1ccccc1. The van der Waals surface area contributed by atoms with Crippen molar-refractivity contribution in [1.29, 1.82) is 0 Å². The monoisotopic (exact) mass is 258 g/mol. The van der Waals surface area contributed by atoms with Gasteiger partial charge in [-0.15, -0.1) is 6.58 Å². The molecule has 19 heavy (non-hydrogen) atoms. The third-order valence-corrected chi connectivity index (χ3v) is 4.11. The van der Waals surface area contributed by atoms with Crippen molar-refractivity contribution >= 4 is 0 Å². The number of rotatable bonds is 6. The first-order chi connectivity index (χ1) is 8.83. The highest BCUT2D eigenvalue weighted by atomic mass is 16.3. The summed E-state index contributed by atoms with van der Waals surface area (Å²) in [5.41, 5.74) is 0.992. The molecule has 0 spiro atoms. The molecule has 0 unspecified atom stereocenters. The highest BCUT2D eigenvalue weighted by Crippen LogP contribution is 2.44. The molecule has 1 heteroatoms. The summed E-state index contributed by atoms with van der Waals surface area (Å²) in [6.45, 7) is 12.1. The van der Waals surface area contributed by atoms with Crippen molar-refractivity contribution in [2.75, 3.05) is 0 Å². The molecule has 1 N–H and O–H groups in total. The Morgan fingerprint density at radius 2 is 1.79 bits per heavy atom. The molecule has 0 heterocycles. The predicted octanol–water partition coefficient (Wildman–Crippen LogP) is 4.83. The van der Waals surface area contributed by atoms with E-state index in [2.05, 4.69) is 33.4 Å². The Balaban J connectivity index is 2.99. The molecule has 0 aliphatic rings. The molecule has 1 aromatic carbocycles. The Hall–Kier alpha value is -1.34. The molecule has 0 saturated carbocycles. The van der Waals surface area contributed by atoms with E-state index in [0.717, 1.165) is 18.4 Å². The molecule has 1 rings (SSSR count). The minimum Gasteiger partial charge on any atom is -0.385 e. The summed E-state index contributed by atoms with van der Waals surface area (Å²) < 4.78 is 0. The lowest BCUT2D eigenvalue weighted by Gasteiger charge is -2.41. The van der Waals surface area contributed by atoms with E-state index in [1.165, 1.54) is 5.57 Å². The van der Waals surface area contributed by atoms with Crippen molar-refractivity contribution < 1.29 is 5.11 Å². The van der Waals surface area contributed by atoms with Crippen molar-refractivity contribution in [3.8, 4) is 0 Å². The lowest BCUT2D eigenvalue weighted by atomic mass is 9.68. The average Bonchev–Trinajstić information content (AvgIpc) is 2.38. The van der Waals surface area contributed by atoms with Crippen LogP contribution in [0.4, 0.5) is 0 Å². The molecule has 0 saturated heterocycles. The van der Waals surface area contributed by atoms with Crippen LogP contribution in [0.5, 0.6) is 0 Å². The molecule has 0 bridgehead atoms. The predicted molar refractivity (Wildman–Crippen MR) is 83.0 cm³/mol. The first kappa shape index (κ1) is 15.7. The zero-order valence-electron chi connectivity index (χ0n) is 12.6. The zero-order valence-corrected chi connectivity index (χ0v) is 12.6. The average molecular weight is 258 g/mol. The van der Waals surface area contributed by atoms with Crippen LogP contribution in [0.1, 0.15) is 46.1 Å². The molecule has 1 aromatic rings. The normalized spacial score (nSPS) is 17.1. The molecule has 0 aliphatic heterocycles. The third-order valence-electron chi connectivity index (χ3n) is 4.11. The van der Waals surface area contributed by atoms with Gasteiger partial charge in [-0.1, -0.05) is 55.0 Å². The second kappa shape index (κ2) is 6.21. The largest absolute Gasteiger partial charge is 0.385 e. The minimum atomic E-state index is -0.911. The number of aliphatic hydroxyl groups is 1. The first-order valence-electron chi connectivity index (χ1n) is 6.88. The lowest BCUT2D eigenvalue weighted by molar-refractivity contribution is -0.0440. The van der Waals surface area contributed by atoms with Crippen molar-refractivity contribution in [2.24, 2.45) is 5.41 Å². The molecule has 0 amide bonds. The minimum absolute atomic E-state index is 0.347. The highest BCUT2D eigenvalue weighted by Gasteiger charge is 2.41. The van der Waals surface area contributed by atoms with Gasteiger partial charge < -0.3 is 5.11 Å². The van der Waals surface area contributed by atoms with Gasteiger partial charge in [0.1, 0.15) is 0 Å². The van der Waals surface area contributed by atoms with Crippen LogP contribution < -0.4 is 0 Å². The number of benzene rings is 1. The Morgan fingerprint density at radius 1 is 1.21 bits per heavy atom. The van der Waals surface area contributed by atoms with Crippen LogP contribution in [0.2, 0.25) is 0 Å². The van der Waals surface area contributed by atoms with E-state index < -0.39 is 5.60 Å². The Bertz CT molecular complexity index is 438.